The van der Waals surface area contributed by atoms with Gasteiger partial charge in [0.05, 0.1) is 5.41 Å². The second kappa shape index (κ2) is 4.52. The van der Waals surface area contributed by atoms with Crippen LogP contribution in [0.25, 0.3) is 0 Å². The van der Waals surface area contributed by atoms with Crippen LogP contribution in [-0.2, 0) is 21.4 Å². The third-order valence-corrected chi connectivity index (χ3v) is 6.82. The third kappa shape index (κ3) is 1.32. The van der Waals surface area contributed by atoms with Crippen LogP contribution < -0.4 is 4.74 Å². The summed E-state index contributed by atoms with van der Waals surface area (Å²) in [6.07, 6.45) is 2.62. The number of carbonyl (C=O) groups excluding carboxylic acids is 1. The molecule has 0 radical (unpaired) electrons. The third-order valence-electron chi connectivity index (χ3n) is 6.82. The van der Waals surface area contributed by atoms with Gasteiger partial charge in [0.1, 0.15) is 12.3 Å². The van der Waals surface area contributed by atoms with Gasteiger partial charge in [-0.3, -0.25) is 9.69 Å². The van der Waals surface area contributed by atoms with E-state index in [9.17, 15) is 9.90 Å². The van der Waals surface area contributed by atoms with Crippen molar-refractivity contribution in [3.8, 4) is 11.5 Å². The van der Waals surface area contributed by atoms with Gasteiger partial charge >= 0.3 is 0 Å². The van der Waals surface area contributed by atoms with Crippen molar-refractivity contribution in [1.29, 1.82) is 0 Å². The summed E-state index contributed by atoms with van der Waals surface area (Å²) in [6, 6.07) is 4.05. The number of rotatable bonds is 0. The molecule has 24 heavy (non-hydrogen) atoms. The zero-order chi connectivity index (χ0) is 16.7. The molecule has 0 aromatic heterocycles. The average Bonchev–Trinajstić information content (AvgIpc) is 3.07. The molecule has 2 spiro atoms. The molecule has 6 rings (SSSR count). The van der Waals surface area contributed by atoms with Crippen molar-refractivity contribution >= 4 is 5.78 Å². The van der Waals surface area contributed by atoms with Crippen molar-refractivity contribution in [3.05, 3.63) is 23.3 Å². The maximum Gasteiger partial charge on any atom is 0.174 e. The minimum atomic E-state index is -0.480. The molecule has 1 aromatic rings. The molecule has 1 aromatic carbocycles. The second-order valence-corrected chi connectivity index (χ2v) is 7.33. The molecule has 4 unspecified atom stereocenters. The second-order valence-electron chi connectivity index (χ2n) is 7.33. The Kier molecular flexibility index (Phi) is 2.78. The number of carbonyl (C=O) groups is 1. The minimum Gasteiger partial charge on any atom is -0.504 e. The zero-order valence-corrected chi connectivity index (χ0v) is 14.2. The number of hydrogen-bond acceptors (Lipinski definition) is 5. The Labute approximate surface area is 141 Å². The molecule has 5 heteroatoms. The maximum absolute atomic E-state index is 12.6. The molecule has 128 valence electrons. The first kappa shape index (κ1) is 14.7. The van der Waals surface area contributed by atoms with Crippen molar-refractivity contribution < 1.29 is 19.4 Å². The summed E-state index contributed by atoms with van der Waals surface area (Å²) in [5.74, 6) is 0.862. The molecule has 5 nitrogen and oxygen atoms in total. The first-order valence-corrected chi connectivity index (χ1v) is 9.10. The Balaban J connectivity index is 0.000000632. The lowest BCUT2D eigenvalue weighted by molar-refractivity contribution is -0.159. The van der Waals surface area contributed by atoms with Crippen LogP contribution in [0.4, 0.5) is 0 Å². The lowest BCUT2D eigenvalue weighted by atomic mass is 9.49. The minimum absolute atomic E-state index is 0.157. The number of piperidine rings is 1. The van der Waals surface area contributed by atoms with E-state index in [-0.39, 0.29) is 22.5 Å². The molecule has 3 fully saturated rings. The number of phenolic OH excluding ortho intramolecular Hbond substituents is 1. The lowest BCUT2D eigenvalue weighted by Crippen LogP contribution is -2.73. The topological polar surface area (TPSA) is 59.0 Å². The van der Waals surface area contributed by atoms with Gasteiger partial charge in [-0.05, 0) is 30.9 Å². The fourth-order valence-corrected chi connectivity index (χ4v) is 6.03. The molecular formula is C19H23NO4. The first-order chi connectivity index (χ1) is 11.7. The number of Topliss-reactive ketones (excluding diaryl/α,β-unsaturated/α-hetero) is 1. The van der Waals surface area contributed by atoms with Crippen LogP contribution in [0.15, 0.2) is 12.1 Å². The molecule has 5 aliphatic rings. The van der Waals surface area contributed by atoms with Crippen LogP contribution in [0.1, 0.15) is 44.2 Å². The SMILES string of the molecule is CC.O=C1CCC23OCN4CCC25c2c(ccc(O)c2O[C@@H]15)CC43. The van der Waals surface area contributed by atoms with Gasteiger partial charge < -0.3 is 14.6 Å². The van der Waals surface area contributed by atoms with Gasteiger partial charge in [0.25, 0.3) is 0 Å². The maximum atomic E-state index is 12.6. The Hall–Kier alpha value is -1.59. The normalized spacial score (nSPS) is 42.8. The summed E-state index contributed by atoms with van der Waals surface area (Å²) in [6.45, 7) is 5.59. The fraction of sp³-hybridized carbons (Fsp3) is 0.632. The summed E-state index contributed by atoms with van der Waals surface area (Å²) in [5, 5.41) is 10.3. The average molecular weight is 329 g/mol. The molecule has 4 bridgehead atoms. The fourth-order valence-electron chi connectivity index (χ4n) is 6.03. The molecule has 1 N–H and O–H groups in total. The number of ether oxygens (including phenoxy) is 2. The number of nitrogens with zero attached hydrogens (tertiary/aromatic N) is 1. The highest BCUT2D eigenvalue weighted by Crippen LogP contribution is 2.67. The molecular weight excluding hydrogens is 306 g/mol. The van der Waals surface area contributed by atoms with Gasteiger partial charge in [-0.15, -0.1) is 0 Å². The van der Waals surface area contributed by atoms with E-state index in [2.05, 4.69) is 4.90 Å². The van der Waals surface area contributed by atoms with E-state index in [0.29, 0.717) is 24.9 Å². The number of phenols is 1. The number of benzene rings is 1. The summed E-state index contributed by atoms with van der Waals surface area (Å²) in [5.41, 5.74) is 1.60. The van der Waals surface area contributed by atoms with E-state index in [4.69, 9.17) is 9.47 Å². The molecule has 3 aliphatic heterocycles. The predicted molar refractivity (Wildman–Crippen MR) is 87.3 cm³/mol. The Morgan fingerprint density at radius 1 is 1.29 bits per heavy atom. The Morgan fingerprint density at radius 3 is 2.96 bits per heavy atom. The van der Waals surface area contributed by atoms with Crippen LogP contribution in [0.3, 0.4) is 0 Å². The summed E-state index contributed by atoms with van der Waals surface area (Å²) >= 11 is 0. The van der Waals surface area contributed by atoms with Crippen LogP contribution in [0.5, 0.6) is 11.5 Å². The predicted octanol–water partition coefficient (Wildman–Crippen LogP) is 2.14. The van der Waals surface area contributed by atoms with Crippen molar-refractivity contribution in [2.75, 3.05) is 13.3 Å². The van der Waals surface area contributed by atoms with E-state index >= 15 is 0 Å². The van der Waals surface area contributed by atoms with E-state index in [1.807, 2.05) is 19.9 Å². The number of aromatic hydroxyl groups is 1. The van der Waals surface area contributed by atoms with Crippen LogP contribution in [0.2, 0.25) is 0 Å². The van der Waals surface area contributed by atoms with E-state index < -0.39 is 6.10 Å². The van der Waals surface area contributed by atoms with Gasteiger partial charge in [-0.25, -0.2) is 0 Å². The largest absolute Gasteiger partial charge is 0.504 e. The number of ketones is 1. The van der Waals surface area contributed by atoms with Gasteiger partial charge in [0.2, 0.25) is 0 Å². The Morgan fingerprint density at radius 2 is 2.12 bits per heavy atom. The van der Waals surface area contributed by atoms with Gasteiger partial charge in [-0.2, -0.15) is 0 Å². The van der Waals surface area contributed by atoms with Crippen molar-refractivity contribution in [2.45, 2.75) is 62.7 Å². The van der Waals surface area contributed by atoms with Gasteiger partial charge in [-0.1, -0.05) is 19.9 Å². The van der Waals surface area contributed by atoms with Gasteiger partial charge in [0.15, 0.2) is 23.4 Å². The highest BCUT2D eigenvalue weighted by atomic mass is 16.5. The molecule has 0 amide bonds. The van der Waals surface area contributed by atoms with Crippen LogP contribution >= 0.6 is 0 Å². The highest BCUT2D eigenvalue weighted by Gasteiger charge is 2.76. The van der Waals surface area contributed by atoms with Crippen LogP contribution in [-0.4, -0.2) is 46.8 Å². The van der Waals surface area contributed by atoms with Crippen LogP contribution in [0, 0.1) is 0 Å². The van der Waals surface area contributed by atoms with Crippen molar-refractivity contribution in [2.24, 2.45) is 0 Å². The summed E-state index contributed by atoms with van der Waals surface area (Å²) in [7, 11) is 0. The quantitative estimate of drug-likeness (QED) is 0.790. The lowest BCUT2D eigenvalue weighted by Gasteiger charge is -2.59. The smallest absolute Gasteiger partial charge is 0.174 e. The zero-order valence-electron chi connectivity index (χ0n) is 14.2. The standard InChI is InChI=1S/C17H17NO4.C2H6/c19-10-2-1-9-7-12-17-4-3-11(20)15-16(17,13(9)14(10)22-15)5-6-18(12)8-21-17;1-2/h1-2,12,15,19H,3-8H2;1-2H3/t12?,15-,16?,17?;/m0./s1. The number of hydrogen-bond donors (Lipinski definition) is 1. The molecule has 5 atom stereocenters. The van der Waals surface area contributed by atoms with E-state index in [1.54, 1.807) is 6.07 Å². The highest BCUT2D eigenvalue weighted by molar-refractivity contribution is 5.90. The van der Waals surface area contributed by atoms with Gasteiger partial charge in [0, 0.05) is 24.6 Å². The Bertz CT molecular complexity index is 747. The molecule has 1 saturated carbocycles. The monoisotopic (exact) mass is 329 g/mol. The molecule has 2 saturated heterocycles. The summed E-state index contributed by atoms with van der Waals surface area (Å²) in [4.78, 5) is 15.0. The van der Waals surface area contributed by atoms with E-state index in [1.165, 1.54) is 5.56 Å². The van der Waals surface area contributed by atoms with Crippen molar-refractivity contribution in [3.63, 3.8) is 0 Å². The summed E-state index contributed by atoms with van der Waals surface area (Å²) < 4.78 is 12.5. The van der Waals surface area contributed by atoms with Crippen molar-refractivity contribution in [1.82, 2.24) is 4.90 Å². The van der Waals surface area contributed by atoms with E-state index in [0.717, 1.165) is 31.4 Å². The molecule has 3 heterocycles. The molecule has 2 aliphatic carbocycles. The first-order valence-electron chi connectivity index (χ1n) is 9.10.